The van der Waals surface area contributed by atoms with Crippen molar-refractivity contribution in [1.82, 2.24) is 0 Å². The predicted molar refractivity (Wildman–Crippen MR) is 157 cm³/mol. The number of hydrogen-bond acceptors (Lipinski definition) is 6. The molecule has 0 spiro atoms. The van der Waals surface area contributed by atoms with E-state index in [1.54, 1.807) is 0 Å². The quantitative estimate of drug-likeness (QED) is 0.337. The molecule has 4 rings (SSSR count). The second-order valence-corrected chi connectivity index (χ2v) is 42.0. The maximum atomic E-state index is 10.3. The molecule has 0 saturated carbocycles. The Morgan fingerprint density at radius 2 is 1.29 bits per heavy atom. The Hall–Kier alpha value is 0.974. The van der Waals surface area contributed by atoms with Crippen molar-refractivity contribution in [3.05, 3.63) is 71.8 Å². The number of aliphatic hydroxyl groups excluding tert-OH is 2. The van der Waals surface area contributed by atoms with Gasteiger partial charge in [0, 0.05) is 11.1 Å². The molecule has 6 atom stereocenters. The van der Waals surface area contributed by atoms with Gasteiger partial charge >= 0.3 is 64.9 Å². The number of halogens is 3. The number of benzene rings is 2. The topological polar surface area (TPSA) is 77.4 Å². The Morgan fingerprint density at radius 1 is 0.824 bits per heavy atom. The summed E-state index contributed by atoms with van der Waals surface area (Å²) in [5.41, 5.74) is 1.72. The second-order valence-electron chi connectivity index (χ2n) is 6.64. The molecule has 0 radical (unpaired) electrons. The Morgan fingerprint density at radius 3 is 1.76 bits per heavy atom. The molecule has 192 valence electrons. The van der Waals surface area contributed by atoms with Gasteiger partial charge in [-0.1, -0.05) is 88.4 Å². The van der Waals surface area contributed by atoms with Crippen molar-refractivity contribution >= 4 is 59.9 Å². The van der Waals surface area contributed by atoms with Crippen LogP contribution in [-0.4, -0.2) is 47.8 Å². The number of aliphatic hydroxyl groups is 2. The molecule has 0 aromatic heterocycles. The van der Waals surface area contributed by atoms with Crippen LogP contribution in [0.15, 0.2) is 60.7 Å². The van der Waals surface area contributed by atoms with Crippen molar-refractivity contribution in [2.75, 3.05) is 13.2 Å². The standard InChI is InChI=1S/C20H22O6.2C2H6.3HI.V/c21-11-15(22)17-18-16(24-20(25-17)14-9-5-2-6-10-14)12-23-19(26-18)13-7-3-1-4-8-13;2*1-2;;;;/h1-10,15-22H,11-12H2;2*1-2H3;3*1H;/q;;;;;;+3/p-3. The third-order valence-corrected chi connectivity index (χ3v) is 4.67. The van der Waals surface area contributed by atoms with Crippen molar-refractivity contribution in [1.29, 1.82) is 0 Å². The van der Waals surface area contributed by atoms with Crippen LogP contribution in [0.4, 0.5) is 0 Å². The van der Waals surface area contributed by atoms with E-state index in [1.807, 2.05) is 88.4 Å². The van der Waals surface area contributed by atoms with Gasteiger partial charge in [0.1, 0.15) is 24.4 Å². The Labute approximate surface area is 241 Å². The zero-order valence-corrected chi connectivity index (χ0v) is 27.6. The monoisotopic (exact) mass is 850 g/mol. The molecule has 6 unspecified atom stereocenters. The molecule has 10 heteroatoms. The van der Waals surface area contributed by atoms with Crippen LogP contribution in [0.25, 0.3) is 0 Å². The Balaban J connectivity index is 0.000000644. The van der Waals surface area contributed by atoms with Gasteiger partial charge < -0.3 is 29.2 Å². The molecule has 0 amide bonds. The average Bonchev–Trinajstić information content (AvgIpc) is 2.90. The predicted octanol–water partition coefficient (Wildman–Crippen LogP) is 6.64. The van der Waals surface area contributed by atoms with Crippen LogP contribution in [0.5, 0.6) is 0 Å². The van der Waals surface area contributed by atoms with E-state index in [2.05, 4.69) is 59.9 Å². The van der Waals surface area contributed by atoms with Crippen molar-refractivity contribution in [2.45, 2.75) is 64.7 Å². The van der Waals surface area contributed by atoms with Crippen molar-refractivity contribution in [3.63, 3.8) is 0 Å². The summed E-state index contributed by atoms with van der Waals surface area (Å²) < 4.78 is 23.9. The van der Waals surface area contributed by atoms with E-state index in [1.165, 1.54) is 0 Å². The first kappa shape index (κ1) is 33.0. The van der Waals surface area contributed by atoms with Gasteiger partial charge in [-0.25, -0.2) is 0 Å². The molecule has 0 bridgehead atoms. The van der Waals surface area contributed by atoms with E-state index in [9.17, 15) is 10.2 Å². The van der Waals surface area contributed by atoms with E-state index >= 15 is 0 Å². The fourth-order valence-electron chi connectivity index (χ4n) is 3.33. The van der Waals surface area contributed by atoms with Gasteiger partial charge in [0.2, 0.25) is 0 Å². The SMILES string of the molecule is CC.CC.OCC(O)C1OC(c2ccccc2)OC2COC(c3ccccc3)OC21.[I][V]([I])[I]. The van der Waals surface area contributed by atoms with Gasteiger partial charge in [-0.15, -0.1) is 0 Å². The first-order chi connectivity index (χ1) is 16.5. The third-order valence-electron chi connectivity index (χ3n) is 4.67. The number of rotatable bonds is 4. The van der Waals surface area contributed by atoms with Gasteiger partial charge in [-0.05, 0) is 0 Å². The normalized spacial score (nSPS) is 26.4. The molecule has 2 heterocycles. The van der Waals surface area contributed by atoms with Crippen molar-refractivity contribution in [3.8, 4) is 0 Å². The van der Waals surface area contributed by atoms with Crippen molar-refractivity contribution in [2.24, 2.45) is 0 Å². The van der Waals surface area contributed by atoms with E-state index in [-0.39, 0.29) is 4.92 Å². The fraction of sp³-hybridized carbons (Fsp3) is 0.500. The van der Waals surface area contributed by atoms with E-state index < -0.39 is 43.6 Å². The molecule has 2 aromatic rings. The summed E-state index contributed by atoms with van der Waals surface area (Å²) in [4.78, 5) is -0.278. The van der Waals surface area contributed by atoms with Crippen molar-refractivity contribution < 1.29 is 34.1 Å². The first-order valence-corrected chi connectivity index (χ1v) is 24.8. The van der Waals surface area contributed by atoms with E-state index in [0.29, 0.717) is 6.61 Å². The molecule has 0 aliphatic carbocycles. The van der Waals surface area contributed by atoms with Gasteiger partial charge in [-0.3, -0.25) is 0 Å². The van der Waals surface area contributed by atoms with Gasteiger partial charge in [0.05, 0.1) is 13.2 Å². The molecule has 34 heavy (non-hydrogen) atoms. The van der Waals surface area contributed by atoms with Crippen LogP contribution in [0.1, 0.15) is 51.4 Å². The van der Waals surface area contributed by atoms with Crippen LogP contribution in [0.2, 0.25) is 0 Å². The number of fused-ring (bicyclic) bond motifs is 1. The minimum atomic E-state index is -1.08. The summed E-state index contributed by atoms with van der Waals surface area (Å²) in [5.74, 6) is 0. The molecule has 2 fully saturated rings. The maximum absolute atomic E-state index is 10.3. The Kier molecular flexibility index (Phi) is 18.5. The van der Waals surface area contributed by atoms with Gasteiger partial charge in [0.15, 0.2) is 12.6 Å². The summed E-state index contributed by atoms with van der Waals surface area (Å²) >= 11 is 7.39. The summed E-state index contributed by atoms with van der Waals surface area (Å²) in [6.45, 7) is 7.89. The van der Waals surface area contributed by atoms with E-state index in [0.717, 1.165) is 11.1 Å². The first-order valence-electron chi connectivity index (χ1n) is 11.2. The molecule has 2 aliphatic heterocycles. The summed E-state index contributed by atoms with van der Waals surface area (Å²) in [6, 6.07) is 19.1. The zero-order valence-electron chi connectivity index (χ0n) is 19.8. The fourth-order valence-corrected chi connectivity index (χ4v) is 3.33. The molecule has 2 N–H and O–H groups in total. The summed E-state index contributed by atoms with van der Waals surface area (Å²) in [6.07, 6.45) is -3.96. The van der Waals surface area contributed by atoms with Gasteiger partial charge in [0.25, 0.3) is 0 Å². The number of ether oxygens (including phenoxy) is 4. The molecule has 2 aliphatic rings. The van der Waals surface area contributed by atoms with Crippen LogP contribution in [0.3, 0.4) is 0 Å². The molecule has 2 aromatic carbocycles. The van der Waals surface area contributed by atoms with Crippen LogP contribution in [0, 0.1) is 0 Å². The third kappa shape index (κ3) is 10.8. The molecule has 2 saturated heterocycles. The molecular formula is C24H34I3O6V. The van der Waals surface area contributed by atoms with Crippen LogP contribution in [-0.2, 0) is 23.9 Å². The van der Waals surface area contributed by atoms with Crippen LogP contribution >= 0.6 is 59.9 Å². The summed E-state index contributed by atoms with van der Waals surface area (Å²) in [5, 5.41) is 19.8. The second kappa shape index (κ2) is 19.1. The minimum absolute atomic E-state index is 0.278. The zero-order chi connectivity index (χ0) is 25.5. The number of hydrogen-bond donors (Lipinski definition) is 2. The van der Waals surface area contributed by atoms with Gasteiger partial charge in [-0.2, -0.15) is 0 Å². The molecular weight excluding hydrogens is 816 g/mol. The van der Waals surface area contributed by atoms with Crippen LogP contribution < -0.4 is 0 Å². The average molecular weight is 850 g/mol. The molecule has 6 nitrogen and oxygen atoms in total. The summed E-state index contributed by atoms with van der Waals surface area (Å²) in [7, 11) is 0. The van der Waals surface area contributed by atoms with E-state index in [4.69, 9.17) is 18.9 Å². The Bertz CT molecular complexity index is 754.